The molecule has 0 radical (unpaired) electrons. The molecular weight excluding hydrogens is 314 g/mol. The van der Waals surface area contributed by atoms with Crippen LogP contribution in [0, 0.1) is 6.92 Å². The zero-order valence-corrected chi connectivity index (χ0v) is 14.4. The highest BCUT2D eigenvalue weighted by atomic mass is 16.5. The van der Waals surface area contributed by atoms with Crippen molar-refractivity contribution in [3.8, 4) is 11.3 Å². The minimum Gasteiger partial charge on any atom is -0.360 e. The highest BCUT2D eigenvalue weighted by Gasteiger charge is 2.22. The van der Waals surface area contributed by atoms with E-state index in [0.29, 0.717) is 17.0 Å². The third-order valence-electron chi connectivity index (χ3n) is 4.11. The van der Waals surface area contributed by atoms with E-state index in [0.717, 1.165) is 18.4 Å². The smallest absolute Gasteiger partial charge is 0.257 e. The van der Waals surface area contributed by atoms with Crippen LogP contribution < -0.4 is 5.32 Å². The molecule has 25 heavy (non-hydrogen) atoms. The predicted octanol–water partition coefficient (Wildman–Crippen LogP) is 3.80. The maximum atomic E-state index is 12.7. The van der Waals surface area contributed by atoms with Gasteiger partial charge in [0, 0.05) is 24.0 Å². The number of nitrogens with one attached hydrogen (secondary N) is 1. The summed E-state index contributed by atoms with van der Waals surface area (Å²) in [5.74, 6) is 0.338. The summed E-state index contributed by atoms with van der Waals surface area (Å²) in [5.41, 5.74) is 3.03. The summed E-state index contributed by atoms with van der Waals surface area (Å²) in [4.78, 5) is 16.8. The van der Waals surface area contributed by atoms with Crippen LogP contribution in [-0.4, -0.2) is 22.1 Å². The molecular formula is C20H21N3O2. The van der Waals surface area contributed by atoms with Crippen molar-refractivity contribution in [2.45, 2.75) is 32.7 Å². The maximum Gasteiger partial charge on any atom is 0.257 e. The van der Waals surface area contributed by atoms with E-state index >= 15 is 0 Å². The number of carbonyl (C=O) groups is 1. The number of aromatic nitrogens is 2. The Balaban J connectivity index is 1.68. The average Bonchev–Trinajstić information content (AvgIpc) is 3.03. The summed E-state index contributed by atoms with van der Waals surface area (Å²) in [7, 11) is 0. The highest BCUT2D eigenvalue weighted by molar-refractivity contribution is 6.00. The van der Waals surface area contributed by atoms with Crippen LogP contribution in [0.2, 0.25) is 0 Å². The molecule has 128 valence electrons. The van der Waals surface area contributed by atoms with Gasteiger partial charge in [0.2, 0.25) is 0 Å². The first-order valence-corrected chi connectivity index (χ1v) is 8.36. The molecule has 0 aliphatic heterocycles. The van der Waals surface area contributed by atoms with Crippen LogP contribution in [-0.2, 0) is 6.42 Å². The lowest BCUT2D eigenvalue weighted by Gasteiger charge is -2.14. The van der Waals surface area contributed by atoms with Crippen molar-refractivity contribution in [3.63, 3.8) is 0 Å². The first-order valence-electron chi connectivity index (χ1n) is 8.36. The molecule has 0 saturated heterocycles. The first kappa shape index (κ1) is 16.9. The Labute approximate surface area is 147 Å². The molecule has 0 fully saturated rings. The Morgan fingerprint density at radius 3 is 2.72 bits per heavy atom. The van der Waals surface area contributed by atoms with Gasteiger partial charge in [0.25, 0.3) is 5.91 Å². The fraction of sp³-hybridized carbons (Fsp3) is 0.250. The standard InChI is InChI=1S/C20H21N3O2/c1-14(10-11-16-7-4-3-5-8-16)22-20(24)18-15(2)25-23-19(18)17-9-6-12-21-13-17/h3-9,12-14H,10-11H2,1-2H3,(H,22,24)/t14-/m1/s1. The normalized spacial score (nSPS) is 11.9. The molecule has 3 aromatic rings. The summed E-state index contributed by atoms with van der Waals surface area (Å²) in [5, 5.41) is 7.08. The lowest BCUT2D eigenvalue weighted by atomic mass is 10.0. The van der Waals surface area contributed by atoms with Crippen molar-refractivity contribution in [2.75, 3.05) is 0 Å². The lowest BCUT2D eigenvalue weighted by Crippen LogP contribution is -2.33. The van der Waals surface area contributed by atoms with Gasteiger partial charge >= 0.3 is 0 Å². The first-order chi connectivity index (χ1) is 12.1. The predicted molar refractivity (Wildman–Crippen MR) is 96.2 cm³/mol. The van der Waals surface area contributed by atoms with Gasteiger partial charge in [-0.1, -0.05) is 35.5 Å². The number of nitrogens with zero attached hydrogens (tertiary/aromatic N) is 2. The molecule has 5 heteroatoms. The molecule has 5 nitrogen and oxygen atoms in total. The number of benzene rings is 1. The second-order valence-electron chi connectivity index (χ2n) is 6.10. The number of amides is 1. The van der Waals surface area contributed by atoms with Crippen LogP contribution in [0.5, 0.6) is 0 Å². The molecule has 2 aromatic heterocycles. The van der Waals surface area contributed by atoms with Gasteiger partial charge < -0.3 is 9.84 Å². The summed E-state index contributed by atoms with van der Waals surface area (Å²) in [6.07, 6.45) is 5.14. The minimum atomic E-state index is -0.168. The summed E-state index contributed by atoms with van der Waals surface area (Å²) < 4.78 is 5.24. The fourth-order valence-electron chi connectivity index (χ4n) is 2.74. The van der Waals surface area contributed by atoms with E-state index in [-0.39, 0.29) is 11.9 Å². The van der Waals surface area contributed by atoms with E-state index in [1.807, 2.05) is 37.3 Å². The van der Waals surface area contributed by atoms with Gasteiger partial charge in [-0.2, -0.15) is 0 Å². The molecule has 0 unspecified atom stereocenters. The van der Waals surface area contributed by atoms with E-state index < -0.39 is 0 Å². The van der Waals surface area contributed by atoms with Crippen LogP contribution in [0.3, 0.4) is 0 Å². The van der Waals surface area contributed by atoms with Crippen LogP contribution in [0.4, 0.5) is 0 Å². The number of rotatable bonds is 6. The molecule has 0 bridgehead atoms. The van der Waals surface area contributed by atoms with Crippen LogP contribution in [0.1, 0.15) is 35.0 Å². The zero-order valence-electron chi connectivity index (χ0n) is 14.4. The molecule has 0 aliphatic carbocycles. The van der Waals surface area contributed by atoms with E-state index in [9.17, 15) is 4.79 Å². The van der Waals surface area contributed by atoms with Crippen molar-refractivity contribution in [2.24, 2.45) is 0 Å². The van der Waals surface area contributed by atoms with Gasteiger partial charge in [-0.05, 0) is 44.4 Å². The summed E-state index contributed by atoms with van der Waals surface area (Å²) in [6, 6.07) is 14.0. The molecule has 0 spiro atoms. The van der Waals surface area contributed by atoms with E-state index in [2.05, 4.69) is 27.6 Å². The van der Waals surface area contributed by atoms with Gasteiger partial charge in [-0.15, -0.1) is 0 Å². The lowest BCUT2D eigenvalue weighted by molar-refractivity contribution is 0.0937. The maximum absolute atomic E-state index is 12.7. The van der Waals surface area contributed by atoms with Crippen LogP contribution >= 0.6 is 0 Å². The van der Waals surface area contributed by atoms with Crippen molar-refractivity contribution in [3.05, 3.63) is 71.7 Å². The molecule has 1 amide bonds. The van der Waals surface area contributed by atoms with Gasteiger partial charge in [0.15, 0.2) is 0 Å². The largest absolute Gasteiger partial charge is 0.360 e. The Morgan fingerprint density at radius 1 is 1.20 bits per heavy atom. The van der Waals surface area contributed by atoms with Gasteiger partial charge in [-0.25, -0.2) is 0 Å². The highest BCUT2D eigenvalue weighted by Crippen LogP contribution is 2.24. The minimum absolute atomic E-state index is 0.0451. The molecule has 0 aliphatic rings. The van der Waals surface area contributed by atoms with Crippen LogP contribution in [0.15, 0.2) is 59.4 Å². The van der Waals surface area contributed by atoms with E-state index in [4.69, 9.17) is 4.52 Å². The number of pyridine rings is 1. The molecule has 0 saturated carbocycles. The topological polar surface area (TPSA) is 68.0 Å². The Hall–Kier alpha value is -2.95. The molecule has 1 atom stereocenters. The zero-order chi connectivity index (χ0) is 17.6. The second kappa shape index (κ2) is 7.75. The Bertz CT molecular complexity index is 829. The van der Waals surface area contributed by atoms with Crippen molar-refractivity contribution >= 4 is 5.91 Å². The third-order valence-corrected chi connectivity index (χ3v) is 4.11. The SMILES string of the molecule is Cc1onc(-c2cccnc2)c1C(=O)N[C@H](C)CCc1ccccc1. The molecule has 1 aromatic carbocycles. The van der Waals surface area contributed by atoms with Gasteiger partial charge in [0.1, 0.15) is 17.0 Å². The summed E-state index contributed by atoms with van der Waals surface area (Å²) in [6.45, 7) is 3.75. The van der Waals surface area contributed by atoms with Crippen molar-refractivity contribution < 1.29 is 9.32 Å². The molecule has 2 heterocycles. The Kier molecular flexibility index (Phi) is 5.23. The van der Waals surface area contributed by atoms with Crippen LogP contribution in [0.25, 0.3) is 11.3 Å². The van der Waals surface area contributed by atoms with Crippen molar-refractivity contribution in [1.29, 1.82) is 0 Å². The number of hydrogen-bond acceptors (Lipinski definition) is 4. The summed E-state index contributed by atoms with van der Waals surface area (Å²) >= 11 is 0. The fourth-order valence-corrected chi connectivity index (χ4v) is 2.74. The molecule has 1 N–H and O–H groups in total. The molecule has 3 rings (SSSR count). The number of carbonyl (C=O) groups excluding carboxylic acids is 1. The quantitative estimate of drug-likeness (QED) is 0.744. The second-order valence-corrected chi connectivity index (χ2v) is 6.10. The Morgan fingerprint density at radius 2 is 2.00 bits per heavy atom. The monoisotopic (exact) mass is 335 g/mol. The van der Waals surface area contributed by atoms with Gasteiger partial charge in [0.05, 0.1) is 0 Å². The average molecular weight is 335 g/mol. The van der Waals surface area contributed by atoms with Gasteiger partial charge in [-0.3, -0.25) is 9.78 Å². The number of aryl methyl sites for hydroxylation is 2. The van der Waals surface area contributed by atoms with Crippen molar-refractivity contribution in [1.82, 2.24) is 15.5 Å². The third kappa shape index (κ3) is 4.12. The number of hydrogen-bond donors (Lipinski definition) is 1. The van der Waals surface area contributed by atoms with E-state index in [1.54, 1.807) is 19.3 Å². The van der Waals surface area contributed by atoms with E-state index in [1.165, 1.54) is 5.56 Å².